The number of amidine groups is 1. The number of fused-ring (bicyclic) bond motifs is 3. The molecule has 0 fully saturated rings. The van der Waals surface area contributed by atoms with E-state index >= 15 is 0 Å². The molecule has 2 aliphatic rings. The van der Waals surface area contributed by atoms with Crippen LogP contribution in [0.25, 0.3) is 0 Å². The number of carbonyl (C=O) groups is 1. The summed E-state index contributed by atoms with van der Waals surface area (Å²) < 4.78 is 30.8. The number of anilines is 1. The van der Waals surface area contributed by atoms with Crippen LogP contribution in [0.4, 0.5) is 10.1 Å². The molecule has 200 valence electrons. The number of nitriles is 1. The first kappa shape index (κ1) is 29.6. The largest absolute Gasteiger partial charge is 0.495 e. The molecule has 4 rings (SSSR count). The molecule has 0 spiro atoms. The number of alkyl halides is 2. The van der Waals surface area contributed by atoms with Crippen LogP contribution in [0.2, 0.25) is 5.02 Å². The first-order valence-electron chi connectivity index (χ1n) is 11.6. The standard InChI is InChI=1S/C20H20ClFN3O3P.C7H7ClO/c1-3-27-17(26)7-6-16-19-24-10-12(2)18(20(21,22)29)25(19)15-5-4-13(9-23)8-14(15)11-28-16;1-9-7-5-3-2-4-6(7)8/h4-8,16H,3,10-11,29H2,1-2H3;2-5H,1H3. The first-order chi connectivity index (χ1) is 18.1. The van der Waals surface area contributed by atoms with E-state index in [1.807, 2.05) is 27.4 Å². The second kappa shape index (κ2) is 13.2. The number of benzene rings is 2. The average Bonchev–Trinajstić information content (AvgIpc) is 3.03. The Labute approximate surface area is 233 Å². The molecular weight excluding hydrogens is 551 g/mol. The molecule has 0 amide bonds. The topological polar surface area (TPSA) is 84.2 Å². The summed E-state index contributed by atoms with van der Waals surface area (Å²) in [4.78, 5) is 15.7. The van der Waals surface area contributed by atoms with Crippen molar-refractivity contribution in [2.45, 2.75) is 31.4 Å². The van der Waals surface area contributed by atoms with E-state index in [-0.39, 0.29) is 25.5 Å². The van der Waals surface area contributed by atoms with Crippen molar-refractivity contribution in [3.05, 3.63) is 82.0 Å². The van der Waals surface area contributed by atoms with Gasteiger partial charge < -0.3 is 14.2 Å². The summed E-state index contributed by atoms with van der Waals surface area (Å²) in [5.41, 5.74) is 2.64. The van der Waals surface area contributed by atoms with Crippen molar-refractivity contribution in [3.8, 4) is 11.8 Å². The number of hydrogen-bond acceptors (Lipinski definition) is 7. The second-order valence-electron chi connectivity index (χ2n) is 8.19. The number of allylic oxidation sites excluding steroid dienone is 1. The maximum absolute atomic E-state index is 15.0. The summed E-state index contributed by atoms with van der Waals surface area (Å²) in [5, 5.41) is 9.88. The lowest BCUT2D eigenvalue weighted by Crippen LogP contribution is -2.44. The fourth-order valence-electron chi connectivity index (χ4n) is 3.90. The van der Waals surface area contributed by atoms with Gasteiger partial charge in [0.15, 0.2) is 0 Å². The molecule has 38 heavy (non-hydrogen) atoms. The molecule has 2 aliphatic heterocycles. The minimum absolute atomic E-state index is 0.142. The van der Waals surface area contributed by atoms with Crippen LogP contribution in [-0.2, 0) is 20.9 Å². The zero-order chi connectivity index (χ0) is 27.9. The summed E-state index contributed by atoms with van der Waals surface area (Å²) in [6.07, 6.45) is 2.06. The maximum Gasteiger partial charge on any atom is 0.330 e. The number of methoxy groups -OCH3 is 1. The van der Waals surface area contributed by atoms with E-state index in [1.165, 1.54) is 12.2 Å². The van der Waals surface area contributed by atoms with Crippen LogP contribution < -0.4 is 9.64 Å². The van der Waals surface area contributed by atoms with Crippen molar-refractivity contribution in [2.24, 2.45) is 4.99 Å². The molecule has 7 nitrogen and oxygen atoms in total. The summed E-state index contributed by atoms with van der Waals surface area (Å²) in [5.74, 6) is 0.613. The molecule has 11 heteroatoms. The van der Waals surface area contributed by atoms with Gasteiger partial charge in [0.2, 0.25) is 4.87 Å². The van der Waals surface area contributed by atoms with Crippen molar-refractivity contribution in [3.63, 3.8) is 0 Å². The van der Waals surface area contributed by atoms with Crippen LogP contribution in [0, 0.1) is 11.3 Å². The second-order valence-corrected chi connectivity index (χ2v) is 10.3. The minimum atomic E-state index is -2.24. The molecule has 0 saturated heterocycles. The number of esters is 1. The summed E-state index contributed by atoms with van der Waals surface area (Å²) in [6.45, 7) is 4.11. The highest BCUT2D eigenvalue weighted by molar-refractivity contribution is 7.22. The van der Waals surface area contributed by atoms with Crippen LogP contribution in [0.5, 0.6) is 5.75 Å². The normalized spacial score (nSPS) is 18.1. The maximum atomic E-state index is 15.0. The third-order valence-corrected chi connectivity index (χ3v) is 6.29. The number of ether oxygens (including phenoxy) is 3. The van der Waals surface area contributed by atoms with Crippen LogP contribution in [0.3, 0.4) is 0 Å². The molecular formula is C27H27Cl2FN3O4P. The highest BCUT2D eigenvalue weighted by Crippen LogP contribution is 2.44. The molecule has 0 radical (unpaired) electrons. The molecule has 0 bridgehead atoms. The molecule has 2 heterocycles. The number of nitrogens with zero attached hydrogens (tertiary/aromatic N) is 3. The monoisotopic (exact) mass is 577 g/mol. The van der Waals surface area contributed by atoms with Gasteiger partial charge in [-0.25, -0.2) is 9.18 Å². The van der Waals surface area contributed by atoms with Crippen LogP contribution >= 0.6 is 32.4 Å². The van der Waals surface area contributed by atoms with Crippen LogP contribution in [-0.4, -0.2) is 43.0 Å². The molecule has 3 atom stereocenters. The predicted molar refractivity (Wildman–Crippen MR) is 150 cm³/mol. The summed E-state index contributed by atoms with van der Waals surface area (Å²) >= 11 is 11.8. The Morgan fingerprint density at radius 2 is 2.13 bits per heavy atom. The van der Waals surface area contributed by atoms with Gasteiger partial charge in [-0.05, 0) is 55.8 Å². The lowest BCUT2D eigenvalue weighted by molar-refractivity contribution is -0.137. The van der Waals surface area contributed by atoms with Gasteiger partial charge in [0.1, 0.15) is 17.7 Å². The zero-order valence-corrected chi connectivity index (χ0v) is 23.7. The van der Waals surface area contributed by atoms with Crippen molar-refractivity contribution in [2.75, 3.05) is 25.2 Å². The van der Waals surface area contributed by atoms with Crippen molar-refractivity contribution in [1.82, 2.24) is 0 Å². The summed E-state index contributed by atoms with van der Waals surface area (Å²) in [6, 6.07) is 14.5. The molecule has 0 aliphatic carbocycles. The number of rotatable bonds is 5. The lowest BCUT2D eigenvalue weighted by atomic mass is 10.1. The van der Waals surface area contributed by atoms with Crippen molar-refractivity contribution in [1.29, 1.82) is 5.26 Å². The first-order valence-corrected chi connectivity index (χ1v) is 12.9. The zero-order valence-electron chi connectivity index (χ0n) is 21.1. The molecule has 0 aromatic heterocycles. The van der Waals surface area contributed by atoms with Gasteiger partial charge in [-0.1, -0.05) is 44.6 Å². The third kappa shape index (κ3) is 7.12. The van der Waals surface area contributed by atoms with Gasteiger partial charge in [-0.3, -0.25) is 9.89 Å². The van der Waals surface area contributed by atoms with E-state index in [4.69, 9.17) is 37.4 Å². The fourth-order valence-corrected chi connectivity index (χ4v) is 4.73. The van der Waals surface area contributed by atoms with Gasteiger partial charge in [0.05, 0.1) is 54.9 Å². The van der Waals surface area contributed by atoms with E-state index in [0.717, 1.165) is 5.75 Å². The van der Waals surface area contributed by atoms with E-state index in [2.05, 4.69) is 11.1 Å². The predicted octanol–water partition coefficient (Wildman–Crippen LogP) is 6.15. The van der Waals surface area contributed by atoms with Gasteiger partial charge in [-0.2, -0.15) is 5.26 Å². The Kier molecular flexibility index (Phi) is 10.3. The van der Waals surface area contributed by atoms with Gasteiger partial charge >= 0.3 is 5.97 Å². The fraction of sp³-hybridized carbons (Fsp3) is 0.296. The molecule has 3 unspecified atom stereocenters. The van der Waals surface area contributed by atoms with Crippen molar-refractivity contribution >= 4 is 49.9 Å². The number of halogens is 3. The quantitative estimate of drug-likeness (QED) is 0.183. The number of hydrogen-bond donors (Lipinski definition) is 0. The Morgan fingerprint density at radius 1 is 1.39 bits per heavy atom. The van der Waals surface area contributed by atoms with Gasteiger partial charge in [-0.15, -0.1) is 0 Å². The van der Waals surface area contributed by atoms with E-state index in [1.54, 1.807) is 50.1 Å². The minimum Gasteiger partial charge on any atom is -0.495 e. The molecule has 0 N–H and O–H groups in total. The molecule has 0 saturated carbocycles. The Hall–Kier alpha value is -2.95. The Balaban J connectivity index is 0.000000375. The van der Waals surface area contributed by atoms with Crippen LogP contribution in [0.15, 0.2) is 70.9 Å². The van der Waals surface area contributed by atoms with E-state index in [9.17, 15) is 14.4 Å². The average molecular weight is 578 g/mol. The molecule has 2 aromatic rings. The highest BCUT2D eigenvalue weighted by atomic mass is 35.5. The highest BCUT2D eigenvalue weighted by Gasteiger charge is 2.41. The van der Waals surface area contributed by atoms with E-state index in [0.29, 0.717) is 33.2 Å². The molecule has 2 aromatic carbocycles. The Bertz CT molecular complexity index is 1320. The summed E-state index contributed by atoms with van der Waals surface area (Å²) in [7, 11) is 3.60. The van der Waals surface area contributed by atoms with Crippen LogP contribution in [0.1, 0.15) is 25.0 Å². The van der Waals surface area contributed by atoms with Gasteiger partial charge in [0, 0.05) is 11.6 Å². The van der Waals surface area contributed by atoms with Gasteiger partial charge in [0.25, 0.3) is 0 Å². The SMILES string of the molecule is CCOC(=O)C=CC1OCc2cc(C#N)ccc2N2C1=NCC(C)=C2C(F)(P)Cl.COc1ccccc1Cl. The smallest absolute Gasteiger partial charge is 0.330 e. The number of carbonyl (C=O) groups excluding carboxylic acids is 1. The number of para-hydroxylation sites is 1. The van der Waals surface area contributed by atoms with E-state index < -0.39 is 16.9 Å². The van der Waals surface area contributed by atoms with Crippen molar-refractivity contribution < 1.29 is 23.4 Å². The lowest BCUT2D eigenvalue weighted by Gasteiger charge is -2.37. The third-order valence-electron chi connectivity index (χ3n) is 5.52. The Morgan fingerprint density at radius 3 is 2.74 bits per heavy atom. The number of aliphatic imine (C=N–C) groups is 1.